The summed E-state index contributed by atoms with van der Waals surface area (Å²) >= 11 is 6.04. The molecule has 2 aromatic rings. The fourth-order valence-corrected chi connectivity index (χ4v) is 3.39. The lowest BCUT2D eigenvalue weighted by Gasteiger charge is -2.18. The van der Waals surface area contributed by atoms with E-state index in [2.05, 4.69) is 17.0 Å². The van der Waals surface area contributed by atoms with Crippen LogP contribution in [0, 0.1) is 12.8 Å². The maximum atomic E-state index is 12.6. The maximum Gasteiger partial charge on any atom is 0.254 e. The Balaban J connectivity index is 1.70. The minimum absolute atomic E-state index is 0.0237. The molecule has 1 N–H and O–H groups in total. The molecule has 1 saturated heterocycles. The van der Waals surface area contributed by atoms with Crippen LogP contribution in [-0.2, 0) is 4.74 Å². The van der Waals surface area contributed by atoms with Gasteiger partial charge in [-0.05, 0) is 38.5 Å². The number of ether oxygens (including phenoxy) is 1. The van der Waals surface area contributed by atoms with Gasteiger partial charge in [0.05, 0.1) is 29.2 Å². The van der Waals surface area contributed by atoms with Crippen molar-refractivity contribution in [2.75, 3.05) is 13.2 Å². The summed E-state index contributed by atoms with van der Waals surface area (Å²) in [6.45, 7) is 9.08. The van der Waals surface area contributed by atoms with E-state index >= 15 is 0 Å². The van der Waals surface area contributed by atoms with Crippen LogP contribution in [0.1, 0.15) is 29.4 Å². The summed E-state index contributed by atoms with van der Waals surface area (Å²) in [6.07, 6.45) is 2.54. The van der Waals surface area contributed by atoms with Crippen LogP contribution < -0.4 is 5.32 Å². The first-order chi connectivity index (χ1) is 12.0. The summed E-state index contributed by atoms with van der Waals surface area (Å²) in [5.74, 6) is 0.142. The Hall–Kier alpha value is -2.11. The molecule has 3 rings (SSSR count). The standard InChI is InChI=1S/C19H22ClN3O2/c1-12(2)18-14(7-8-25-18)10-21-19(24)17-11-22-23(13(17)3)16-6-4-5-15(20)9-16/h4-6,9,11,14,18H,1,7-8,10H2,2-3H3,(H,21,24)/t14-,18+/m1/s1. The third-order valence-corrected chi connectivity index (χ3v) is 4.77. The van der Waals surface area contributed by atoms with E-state index in [0.29, 0.717) is 23.7 Å². The molecule has 2 heterocycles. The van der Waals surface area contributed by atoms with Crippen LogP contribution in [0.2, 0.25) is 5.02 Å². The van der Waals surface area contributed by atoms with Crippen LogP contribution in [0.15, 0.2) is 42.6 Å². The average Bonchev–Trinajstić information content (AvgIpc) is 3.19. The van der Waals surface area contributed by atoms with E-state index in [1.165, 1.54) is 0 Å². The van der Waals surface area contributed by atoms with Crippen LogP contribution in [0.3, 0.4) is 0 Å². The van der Waals surface area contributed by atoms with Crippen molar-refractivity contribution in [3.8, 4) is 5.69 Å². The second kappa shape index (κ2) is 7.42. The molecule has 1 amide bonds. The van der Waals surface area contributed by atoms with E-state index < -0.39 is 0 Å². The van der Waals surface area contributed by atoms with E-state index in [1.807, 2.05) is 32.0 Å². The number of benzene rings is 1. The second-order valence-corrected chi connectivity index (χ2v) is 6.87. The maximum absolute atomic E-state index is 12.6. The third-order valence-electron chi connectivity index (χ3n) is 4.53. The smallest absolute Gasteiger partial charge is 0.254 e. The molecule has 6 heteroatoms. The van der Waals surface area contributed by atoms with Crippen LogP contribution in [0.25, 0.3) is 5.69 Å². The summed E-state index contributed by atoms with van der Waals surface area (Å²) in [6, 6.07) is 7.38. The summed E-state index contributed by atoms with van der Waals surface area (Å²) in [7, 11) is 0. The largest absolute Gasteiger partial charge is 0.374 e. The first kappa shape index (κ1) is 17.7. The summed E-state index contributed by atoms with van der Waals surface area (Å²) in [5, 5.41) is 7.96. The van der Waals surface area contributed by atoms with Crippen LogP contribution in [-0.4, -0.2) is 34.9 Å². The number of amides is 1. The quantitative estimate of drug-likeness (QED) is 0.831. The molecule has 0 aliphatic carbocycles. The van der Waals surface area contributed by atoms with E-state index in [1.54, 1.807) is 16.9 Å². The number of carbonyl (C=O) groups is 1. The van der Waals surface area contributed by atoms with E-state index in [9.17, 15) is 4.79 Å². The Morgan fingerprint density at radius 3 is 3.04 bits per heavy atom. The fourth-order valence-electron chi connectivity index (χ4n) is 3.21. The van der Waals surface area contributed by atoms with Crippen molar-refractivity contribution in [2.24, 2.45) is 5.92 Å². The van der Waals surface area contributed by atoms with Gasteiger partial charge in [0.2, 0.25) is 0 Å². The van der Waals surface area contributed by atoms with Crippen molar-refractivity contribution in [2.45, 2.75) is 26.4 Å². The predicted octanol–water partition coefficient (Wildman–Crippen LogP) is 3.55. The van der Waals surface area contributed by atoms with Gasteiger partial charge < -0.3 is 10.1 Å². The van der Waals surface area contributed by atoms with E-state index in [-0.39, 0.29) is 17.9 Å². The number of hydrogen-bond acceptors (Lipinski definition) is 3. The molecule has 5 nitrogen and oxygen atoms in total. The summed E-state index contributed by atoms with van der Waals surface area (Å²) in [5.41, 5.74) is 3.17. The van der Waals surface area contributed by atoms with Gasteiger partial charge in [-0.3, -0.25) is 4.79 Å². The Morgan fingerprint density at radius 1 is 1.52 bits per heavy atom. The van der Waals surface area contributed by atoms with Crippen LogP contribution in [0.5, 0.6) is 0 Å². The van der Waals surface area contributed by atoms with Gasteiger partial charge in [0, 0.05) is 24.1 Å². The molecule has 1 aliphatic heterocycles. The zero-order chi connectivity index (χ0) is 18.0. The number of nitrogens with one attached hydrogen (secondary N) is 1. The van der Waals surface area contributed by atoms with Gasteiger partial charge >= 0.3 is 0 Å². The van der Waals surface area contributed by atoms with Gasteiger partial charge in [-0.25, -0.2) is 4.68 Å². The molecule has 0 saturated carbocycles. The lowest BCUT2D eigenvalue weighted by atomic mass is 9.97. The molecule has 1 aromatic carbocycles. The molecular weight excluding hydrogens is 338 g/mol. The highest BCUT2D eigenvalue weighted by molar-refractivity contribution is 6.30. The number of nitrogens with zero attached hydrogens (tertiary/aromatic N) is 2. The Morgan fingerprint density at radius 2 is 2.32 bits per heavy atom. The van der Waals surface area contributed by atoms with Gasteiger partial charge in [-0.15, -0.1) is 0 Å². The number of carbonyl (C=O) groups excluding carboxylic acids is 1. The Bertz CT molecular complexity index is 800. The number of halogens is 1. The summed E-state index contributed by atoms with van der Waals surface area (Å²) in [4.78, 5) is 12.6. The van der Waals surface area contributed by atoms with E-state index in [4.69, 9.17) is 16.3 Å². The molecule has 132 valence electrons. The molecule has 25 heavy (non-hydrogen) atoms. The van der Waals surface area contributed by atoms with Gasteiger partial charge in [0.15, 0.2) is 0 Å². The number of aromatic nitrogens is 2. The zero-order valence-electron chi connectivity index (χ0n) is 14.5. The highest BCUT2D eigenvalue weighted by Gasteiger charge is 2.29. The predicted molar refractivity (Wildman–Crippen MR) is 98.3 cm³/mol. The van der Waals surface area contributed by atoms with Crippen LogP contribution in [0.4, 0.5) is 0 Å². The third kappa shape index (κ3) is 3.78. The fraction of sp³-hybridized carbons (Fsp3) is 0.368. The first-order valence-corrected chi connectivity index (χ1v) is 8.71. The second-order valence-electron chi connectivity index (χ2n) is 6.43. The SMILES string of the molecule is C=C(C)[C@@H]1OCC[C@@H]1CNC(=O)c1cnn(-c2cccc(Cl)c2)c1C. The van der Waals surface area contributed by atoms with Crippen molar-refractivity contribution < 1.29 is 9.53 Å². The highest BCUT2D eigenvalue weighted by atomic mass is 35.5. The minimum Gasteiger partial charge on any atom is -0.374 e. The monoisotopic (exact) mass is 359 g/mol. The molecule has 0 unspecified atom stereocenters. The molecule has 0 bridgehead atoms. The number of rotatable bonds is 5. The Kier molecular flexibility index (Phi) is 5.25. The Labute approximate surface area is 152 Å². The first-order valence-electron chi connectivity index (χ1n) is 8.33. The molecule has 1 fully saturated rings. The topological polar surface area (TPSA) is 56.1 Å². The molecule has 0 radical (unpaired) electrons. The highest BCUT2D eigenvalue weighted by Crippen LogP contribution is 2.25. The van der Waals surface area contributed by atoms with Crippen molar-refractivity contribution in [3.05, 3.63) is 58.9 Å². The minimum atomic E-state index is -0.127. The van der Waals surface area contributed by atoms with Crippen molar-refractivity contribution in [1.29, 1.82) is 0 Å². The average molecular weight is 360 g/mol. The molecular formula is C19H22ClN3O2. The van der Waals surface area contributed by atoms with Crippen molar-refractivity contribution in [1.82, 2.24) is 15.1 Å². The van der Waals surface area contributed by atoms with Crippen molar-refractivity contribution >= 4 is 17.5 Å². The number of hydrogen-bond donors (Lipinski definition) is 1. The molecule has 2 atom stereocenters. The lowest BCUT2D eigenvalue weighted by Crippen LogP contribution is -2.33. The lowest BCUT2D eigenvalue weighted by molar-refractivity contribution is 0.0925. The molecule has 1 aromatic heterocycles. The van der Waals surface area contributed by atoms with Gasteiger partial charge in [0.1, 0.15) is 0 Å². The van der Waals surface area contributed by atoms with Gasteiger partial charge in [-0.1, -0.05) is 29.8 Å². The summed E-state index contributed by atoms with van der Waals surface area (Å²) < 4.78 is 7.40. The van der Waals surface area contributed by atoms with E-state index in [0.717, 1.165) is 23.4 Å². The van der Waals surface area contributed by atoms with Crippen LogP contribution >= 0.6 is 11.6 Å². The molecule has 1 aliphatic rings. The van der Waals surface area contributed by atoms with Crippen molar-refractivity contribution in [3.63, 3.8) is 0 Å². The zero-order valence-corrected chi connectivity index (χ0v) is 15.2. The molecule has 0 spiro atoms. The normalized spacial score (nSPS) is 19.8. The van der Waals surface area contributed by atoms with Gasteiger partial charge in [-0.2, -0.15) is 5.10 Å². The van der Waals surface area contributed by atoms with Gasteiger partial charge in [0.25, 0.3) is 5.91 Å².